The van der Waals surface area contributed by atoms with Crippen LogP contribution in [0.5, 0.6) is 5.75 Å². The van der Waals surface area contributed by atoms with Crippen LogP contribution in [-0.2, 0) is 23.6 Å². The van der Waals surface area contributed by atoms with E-state index >= 15 is 0 Å². The van der Waals surface area contributed by atoms with Gasteiger partial charge in [0.05, 0.1) is 22.7 Å². The number of nitrogens with one attached hydrogen (secondary N) is 1. The van der Waals surface area contributed by atoms with Crippen molar-refractivity contribution in [2.75, 3.05) is 0 Å². The molecule has 0 aliphatic heterocycles. The van der Waals surface area contributed by atoms with Crippen molar-refractivity contribution in [1.29, 1.82) is 0 Å². The Morgan fingerprint density at radius 2 is 1.26 bits per heavy atom. The van der Waals surface area contributed by atoms with Crippen molar-refractivity contribution in [3.63, 3.8) is 0 Å². The van der Waals surface area contributed by atoms with E-state index in [2.05, 4.69) is 5.32 Å². The first-order valence-corrected chi connectivity index (χ1v) is 12.9. The fourth-order valence-electron chi connectivity index (χ4n) is 4.44. The number of rotatable bonds is 8. The van der Waals surface area contributed by atoms with Gasteiger partial charge in [-0.1, -0.05) is 54.6 Å². The molecule has 0 spiro atoms. The number of aromatic hydroxyl groups is 1. The van der Waals surface area contributed by atoms with E-state index in [1.807, 2.05) is 0 Å². The highest BCUT2D eigenvalue weighted by Gasteiger charge is 2.31. The summed E-state index contributed by atoms with van der Waals surface area (Å²) in [5.41, 5.74) is 0.0788. The molecule has 4 aromatic carbocycles. The molecule has 0 bridgehead atoms. The van der Waals surface area contributed by atoms with Crippen LogP contribution in [0.2, 0.25) is 0 Å². The zero-order valence-electron chi connectivity index (χ0n) is 22.5. The van der Waals surface area contributed by atoms with Gasteiger partial charge in [0.25, 0.3) is 5.91 Å². The van der Waals surface area contributed by atoms with Crippen LogP contribution in [0, 0.1) is 0 Å². The Labute approximate surface area is 242 Å². The topological polar surface area (TPSA) is 86.6 Å². The fourth-order valence-corrected chi connectivity index (χ4v) is 4.44. The molecule has 1 unspecified atom stereocenters. The summed E-state index contributed by atoms with van der Waals surface area (Å²) in [7, 11) is 0. The molecule has 0 heterocycles. The second kappa shape index (κ2) is 12.3. The SMILES string of the molecule is CC(O)C(=O)[C@H](Cc1ccc(-c2ccc(C(F)(F)F)cc2)cc1)NC(=O)c1cc(-c2cccc(C(F)(F)F)c2)ccc1O. The molecule has 0 saturated heterocycles. The third-order valence-electron chi connectivity index (χ3n) is 6.76. The van der Waals surface area contributed by atoms with Crippen LogP contribution < -0.4 is 5.32 Å². The van der Waals surface area contributed by atoms with E-state index in [9.17, 15) is 46.1 Å². The van der Waals surface area contributed by atoms with Gasteiger partial charge >= 0.3 is 12.4 Å². The van der Waals surface area contributed by atoms with Crippen LogP contribution in [0.15, 0.2) is 91.0 Å². The van der Waals surface area contributed by atoms with Crippen LogP contribution in [0.25, 0.3) is 22.3 Å². The molecule has 0 radical (unpaired) electrons. The van der Waals surface area contributed by atoms with E-state index in [1.54, 1.807) is 24.3 Å². The van der Waals surface area contributed by atoms with Crippen LogP contribution in [0.3, 0.4) is 0 Å². The summed E-state index contributed by atoms with van der Waals surface area (Å²) in [4.78, 5) is 26.0. The predicted molar refractivity (Wildman–Crippen MR) is 147 cm³/mol. The predicted octanol–water partition coefficient (Wildman–Crippen LogP) is 7.05. The normalized spacial score (nSPS) is 13.3. The highest BCUT2D eigenvalue weighted by atomic mass is 19.4. The first kappa shape index (κ1) is 31.3. The number of halogens is 6. The van der Waals surface area contributed by atoms with E-state index in [0.717, 1.165) is 30.3 Å². The monoisotopic (exact) mass is 601 g/mol. The second-order valence-electron chi connectivity index (χ2n) is 9.89. The number of Topliss-reactive ketones (excluding diaryl/α,β-unsaturated/α-hetero) is 1. The van der Waals surface area contributed by atoms with Gasteiger partial charge in [0.1, 0.15) is 11.9 Å². The molecule has 1 amide bonds. The number of carbonyl (C=O) groups excluding carboxylic acids is 2. The van der Waals surface area contributed by atoms with Gasteiger partial charge in [-0.05, 0) is 77.6 Å². The smallest absolute Gasteiger partial charge is 0.416 e. The number of benzene rings is 4. The number of phenolic OH excluding ortho intramolecular Hbond substituents is 1. The van der Waals surface area contributed by atoms with E-state index in [4.69, 9.17) is 0 Å². The summed E-state index contributed by atoms with van der Waals surface area (Å²) in [6.45, 7) is 1.22. The van der Waals surface area contributed by atoms with Gasteiger partial charge in [0.2, 0.25) is 0 Å². The quantitative estimate of drug-likeness (QED) is 0.189. The van der Waals surface area contributed by atoms with Crippen molar-refractivity contribution in [2.45, 2.75) is 37.8 Å². The van der Waals surface area contributed by atoms with Gasteiger partial charge in [0.15, 0.2) is 5.78 Å². The number of carbonyl (C=O) groups is 2. The number of ketones is 1. The zero-order valence-corrected chi connectivity index (χ0v) is 22.5. The Morgan fingerprint density at radius 3 is 1.81 bits per heavy atom. The number of aliphatic hydroxyl groups excluding tert-OH is 1. The van der Waals surface area contributed by atoms with E-state index < -0.39 is 53.1 Å². The van der Waals surface area contributed by atoms with Crippen molar-refractivity contribution < 1.29 is 46.1 Å². The second-order valence-corrected chi connectivity index (χ2v) is 9.89. The minimum absolute atomic E-state index is 0.0726. The van der Waals surface area contributed by atoms with Gasteiger partial charge in [-0.3, -0.25) is 9.59 Å². The number of amides is 1. The number of hydrogen-bond acceptors (Lipinski definition) is 4. The third kappa shape index (κ3) is 7.61. The largest absolute Gasteiger partial charge is 0.507 e. The lowest BCUT2D eigenvalue weighted by molar-refractivity contribution is -0.138. The molecular formula is C32H25F6NO4. The van der Waals surface area contributed by atoms with E-state index in [-0.39, 0.29) is 23.1 Å². The minimum atomic E-state index is -4.59. The van der Waals surface area contributed by atoms with Crippen molar-refractivity contribution in [1.82, 2.24) is 5.32 Å². The first-order valence-electron chi connectivity index (χ1n) is 12.9. The van der Waals surface area contributed by atoms with Crippen molar-refractivity contribution in [3.8, 4) is 28.0 Å². The van der Waals surface area contributed by atoms with Gasteiger partial charge in [0, 0.05) is 0 Å². The van der Waals surface area contributed by atoms with Gasteiger partial charge in [-0.25, -0.2) is 0 Å². The number of phenols is 1. The Bertz CT molecular complexity index is 1610. The standard InChI is InChI=1S/C32H25F6NO4/c1-18(40)29(42)27(15-19-5-7-20(8-6-19)21-9-12-24(13-10-21)31(33,34)35)39-30(43)26-17-23(11-14-28(26)41)22-3-2-4-25(16-22)32(36,37)38/h2-14,16-18,27,40-41H,15H2,1H3,(H,39,43)/t18?,27-/m0/s1. The third-order valence-corrected chi connectivity index (χ3v) is 6.76. The lowest BCUT2D eigenvalue weighted by atomic mass is 9.96. The molecule has 2 atom stereocenters. The molecule has 224 valence electrons. The Morgan fingerprint density at radius 1 is 0.721 bits per heavy atom. The number of aliphatic hydroxyl groups is 1. The Balaban J connectivity index is 1.55. The molecule has 43 heavy (non-hydrogen) atoms. The summed E-state index contributed by atoms with van der Waals surface area (Å²) in [5, 5.41) is 22.8. The summed E-state index contributed by atoms with van der Waals surface area (Å²) >= 11 is 0. The fraction of sp³-hybridized carbons (Fsp3) is 0.188. The van der Waals surface area contributed by atoms with Crippen LogP contribution in [0.1, 0.15) is 34.0 Å². The van der Waals surface area contributed by atoms with Gasteiger partial charge < -0.3 is 15.5 Å². The summed E-state index contributed by atoms with van der Waals surface area (Å²) < 4.78 is 78.2. The molecule has 4 aromatic rings. The van der Waals surface area contributed by atoms with E-state index in [1.165, 1.54) is 43.3 Å². The summed E-state index contributed by atoms with van der Waals surface area (Å²) in [6.07, 6.45) is -10.6. The molecule has 0 aliphatic rings. The van der Waals surface area contributed by atoms with E-state index in [0.29, 0.717) is 16.7 Å². The molecule has 5 nitrogen and oxygen atoms in total. The Hall–Kier alpha value is -4.64. The van der Waals surface area contributed by atoms with Gasteiger partial charge in [-0.2, -0.15) is 26.3 Å². The molecule has 3 N–H and O–H groups in total. The highest BCUT2D eigenvalue weighted by molar-refractivity contribution is 6.01. The van der Waals surface area contributed by atoms with Crippen LogP contribution in [-0.4, -0.2) is 34.0 Å². The lowest BCUT2D eigenvalue weighted by Crippen LogP contribution is -2.46. The molecule has 0 saturated carbocycles. The molecule has 0 aromatic heterocycles. The van der Waals surface area contributed by atoms with Crippen molar-refractivity contribution >= 4 is 11.7 Å². The average Bonchev–Trinajstić information content (AvgIpc) is 2.96. The maximum absolute atomic E-state index is 13.2. The Kier molecular flexibility index (Phi) is 8.96. The minimum Gasteiger partial charge on any atom is -0.507 e. The zero-order chi connectivity index (χ0) is 31.5. The maximum atomic E-state index is 13.2. The van der Waals surface area contributed by atoms with Crippen LogP contribution >= 0.6 is 0 Å². The molecule has 0 aliphatic carbocycles. The highest BCUT2D eigenvalue weighted by Crippen LogP contribution is 2.34. The maximum Gasteiger partial charge on any atom is 0.416 e. The first-order chi connectivity index (χ1) is 20.1. The summed E-state index contributed by atoms with van der Waals surface area (Å²) in [6, 6.07) is 18.0. The lowest BCUT2D eigenvalue weighted by Gasteiger charge is -2.20. The molecule has 0 fully saturated rings. The van der Waals surface area contributed by atoms with Crippen LogP contribution in [0.4, 0.5) is 26.3 Å². The van der Waals surface area contributed by atoms with Gasteiger partial charge in [-0.15, -0.1) is 0 Å². The van der Waals surface area contributed by atoms with Crippen molar-refractivity contribution in [2.24, 2.45) is 0 Å². The number of hydrogen-bond donors (Lipinski definition) is 3. The molecule has 11 heteroatoms. The summed E-state index contributed by atoms with van der Waals surface area (Å²) in [5.74, 6) is -2.10. The van der Waals surface area contributed by atoms with Crippen molar-refractivity contribution in [3.05, 3.63) is 113 Å². The number of alkyl halides is 6. The molecular weight excluding hydrogens is 576 g/mol. The molecule has 4 rings (SSSR count). The average molecular weight is 602 g/mol.